The van der Waals surface area contributed by atoms with Crippen LogP contribution in [0.2, 0.25) is 0 Å². The van der Waals surface area contributed by atoms with Crippen LogP contribution in [0.5, 0.6) is 0 Å². The van der Waals surface area contributed by atoms with Gasteiger partial charge in [0, 0.05) is 25.1 Å². The van der Waals surface area contributed by atoms with E-state index in [0.717, 1.165) is 22.3 Å². The lowest BCUT2D eigenvalue weighted by atomic mass is 9.95. The number of nitrogens with zero attached hydrogens (tertiary/aromatic N) is 3. The van der Waals surface area contributed by atoms with Gasteiger partial charge in [0.05, 0.1) is 27.2 Å². The number of piperidine rings is 1. The van der Waals surface area contributed by atoms with E-state index < -0.39 is 40.1 Å². The number of hydrogen-bond donors (Lipinski definition) is 3. The molecule has 1 aliphatic heterocycles. The lowest BCUT2D eigenvalue weighted by Gasteiger charge is -2.32. The van der Waals surface area contributed by atoms with Crippen molar-refractivity contribution in [3.05, 3.63) is 58.1 Å². The van der Waals surface area contributed by atoms with Gasteiger partial charge in [0.2, 0.25) is 5.91 Å². The number of rotatable bonds is 6. The Hall–Kier alpha value is -3.94. The van der Waals surface area contributed by atoms with Gasteiger partial charge in [-0.2, -0.15) is 13.2 Å². The molecule has 10 nitrogen and oxygen atoms in total. The van der Waals surface area contributed by atoms with Crippen LogP contribution in [0.1, 0.15) is 18.4 Å². The van der Waals surface area contributed by atoms with Crippen molar-refractivity contribution in [1.82, 2.24) is 15.8 Å². The number of anilines is 2. The average Bonchev–Trinajstić information content (AvgIpc) is 3.28. The number of carbonyl (C=O) groups excluding carboxylic acids is 2. The third-order valence-electron chi connectivity index (χ3n) is 5.73. The van der Waals surface area contributed by atoms with E-state index in [1.165, 1.54) is 11.3 Å². The summed E-state index contributed by atoms with van der Waals surface area (Å²) in [5, 5.41) is 14.8. The van der Waals surface area contributed by atoms with Crippen molar-refractivity contribution in [3.63, 3.8) is 0 Å². The fourth-order valence-corrected chi connectivity index (χ4v) is 4.74. The summed E-state index contributed by atoms with van der Waals surface area (Å²) in [4.78, 5) is 41.0. The predicted molar refractivity (Wildman–Crippen MR) is 127 cm³/mol. The van der Waals surface area contributed by atoms with Crippen molar-refractivity contribution in [2.75, 3.05) is 29.9 Å². The minimum absolute atomic E-state index is 0.0704. The van der Waals surface area contributed by atoms with Crippen LogP contribution in [0.3, 0.4) is 0 Å². The van der Waals surface area contributed by atoms with Gasteiger partial charge in [0.15, 0.2) is 5.13 Å². The lowest BCUT2D eigenvalue weighted by molar-refractivity contribution is -0.384. The van der Waals surface area contributed by atoms with E-state index in [-0.39, 0.29) is 25.3 Å². The Kier molecular flexibility index (Phi) is 7.24. The first-order chi connectivity index (χ1) is 17.1. The van der Waals surface area contributed by atoms with E-state index in [1.807, 2.05) is 24.3 Å². The van der Waals surface area contributed by atoms with Crippen LogP contribution in [0.4, 0.5) is 29.7 Å². The number of para-hydroxylation sites is 1. The lowest BCUT2D eigenvalue weighted by Crippen LogP contribution is -2.48. The summed E-state index contributed by atoms with van der Waals surface area (Å²) in [6.45, 7) is 0.366. The van der Waals surface area contributed by atoms with Crippen molar-refractivity contribution >= 4 is 49.9 Å². The number of thiazole rings is 1. The van der Waals surface area contributed by atoms with Gasteiger partial charge < -0.3 is 10.2 Å². The molecule has 4 rings (SSSR count). The predicted octanol–water partition coefficient (Wildman–Crippen LogP) is 3.70. The highest BCUT2D eigenvalue weighted by molar-refractivity contribution is 7.22. The van der Waals surface area contributed by atoms with E-state index in [0.29, 0.717) is 24.0 Å². The van der Waals surface area contributed by atoms with Crippen molar-refractivity contribution in [2.24, 2.45) is 5.92 Å². The molecule has 2 amide bonds. The molecule has 2 aromatic carbocycles. The van der Waals surface area contributed by atoms with E-state index in [1.54, 1.807) is 4.90 Å². The molecule has 1 aromatic heterocycles. The summed E-state index contributed by atoms with van der Waals surface area (Å²) in [6, 6.07) is 9.94. The molecular weight excluding hydrogens is 501 g/mol. The largest absolute Gasteiger partial charge is 0.416 e. The van der Waals surface area contributed by atoms with Crippen molar-refractivity contribution in [3.8, 4) is 0 Å². The monoisotopic (exact) mass is 522 g/mol. The number of amides is 2. The van der Waals surface area contributed by atoms with Gasteiger partial charge >= 0.3 is 6.18 Å². The van der Waals surface area contributed by atoms with Gasteiger partial charge in [0.1, 0.15) is 5.69 Å². The molecule has 0 radical (unpaired) electrons. The van der Waals surface area contributed by atoms with Gasteiger partial charge in [-0.15, -0.1) is 0 Å². The zero-order valence-electron chi connectivity index (χ0n) is 18.7. The van der Waals surface area contributed by atoms with E-state index in [2.05, 4.69) is 21.2 Å². The molecule has 1 fully saturated rings. The standard InChI is InChI=1S/C22H21F3N6O4S/c23-22(24,25)14-5-6-16(17(11-14)31(34)35)30-9-7-13(8-10-30)20(33)29-28-19(32)12-26-21-27-15-3-1-2-4-18(15)36-21/h1-6,11,13H,7-10,12H2,(H,26,27)(H,28,32)(H,29,33). The van der Waals surface area contributed by atoms with Crippen molar-refractivity contribution in [1.29, 1.82) is 0 Å². The van der Waals surface area contributed by atoms with E-state index in [4.69, 9.17) is 0 Å². The maximum Gasteiger partial charge on any atom is 0.416 e. The molecule has 3 N–H and O–H groups in total. The second-order valence-electron chi connectivity index (χ2n) is 8.10. The number of hydrazine groups is 1. The Morgan fingerprint density at radius 2 is 1.86 bits per heavy atom. The smallest absolute Gasteiger partial charge is 0.366 e. The summed E-state index contributed by atoms with van der Waals surface area (Å²) >= 11 is 1.40. The summed E-state index contributed by atoms with van der Waals surface area (Å²) in [5.74, 6) is -1.35. The number of nitrogens with one attached hydrogen (secondary N) is 3. The fourth-order valence-electron chi connectivity index (χ4n) is 3.88. The highest BCUT2D eigenvalue weighted by Gasteiger charge is 2.35. The Bertz CT molecular complexity index is 1260. The van der Waals surface area contributed by atoms with E-state index in [9.17, 15) is 32.9 Å². The number of halogens is 3. The maximum absolute atomic E-state index is 12.9. The molecule has 3 aromatic rings. The molecule has 0 saturated carbocycles. The van der Waals surface area contributed by atoms with E-state index >= 15 is 0 Å². The zero-order chi connectivity index (χ0) is 25.9. The number of nitro benzene ring substituents is 1. The maximum atomic E-state index is 12.9. The van der Waals surface area contributed by atoms with Crippen molar-refractivity contribution < 1.29 is 27.7 Å². The van der Waals surface area contributed by atoms with Gasteiger partial charge in [0.25, 0.3) is 11.6 Å². The fraction of sp³-hybridized carbons (Fsp3) is 0.318. The Morgan fingerprint density at radius 3 is 2.53 bits per heavy atom. The van der Waals surface area contributed by atoms with Crippen LogP contribution in [0.15, 0.2) is 42.5 Å². The molecule has 14 heteroatoms. The number of nitro groups is 1. The third-order valence-corrected chi connectivity index (χ3v) is 6.72. The highest BCUT2D eigenvalue weighted by atomic mass is 32.1. The number of carbonyl (C=O) groups is 2. The number of alkyl halides is 3. The summed E-state index contributed by atoms with van der Waals surface area (Å²) in [5.41, 5.74) is 3.86. The van der Waals surface area contributed by atoms with Gasteiger partial charge in [-0.3, -0.25) is 30.6 Å². The number of hydrogen-bond acceptors (Lipinski definition) is 8. The first kappa shape index (κ1) is 25.2. The summed E-state index contributed by atoms with van der Waals surface area (Å²) < 4.78 is 39.8. The average molecular weight is 523 g/mol. The molecule has 0 atom stereocenters. The molecule has 2 heterocycles. The first-order valence-corrected chi connectivity index (χ1v) is 11.7. The zero-order valence-corrected chi connectivity index (χ0v) is 19.5. The van der Waals surface area contributed by atoms with Crippen LogP contribution >= 0.6 is 11.3 Å². The molecule has 190 valence electrons. The van der Waals surface area contributed by atoms with Gasteiger partial charge in [-0.1, -0.05) is 23.5 Å². The molecule has 0 spiro atoms. The van der Waals surface area contributed by atoms with Crippen LogP contribution in [-0.4, -0.2) is 41.4 Å². The Labute approximate surface area is 206 Å². The second kappa shape index (κ2) is 10.4. The normalized spacial score (nSPS) is 14.5. The van der Waals surface area contributed by atoms with Crippen LogP contribution < -0.4 is 21.1 Å². The number of aromatic nitrogens is 1. The molecule has 1 saturated heterocycles. The number of benzene rings is 2. The molecule has 1 aliphatic rings. The minimum Gasteiger partial charge on any atom is -0.366 e. The quantitative estimate of drug-likeness (QED) is 0.333. The number of fused-ring (bicyclic) bond motifs is 1. The minimum atomic E-state index is -4.69. The molecular formula is C22H21F3N6O4S. The summed E-state index contributed by atoms with van der Waals surface area (Å²) in [7, 11) is 0. The second-order valence-corrected chi connectivity index (χ2v) is 9.13. The highest BCUT2D eigenvalue weighted by Crippen LogP contribution is 2.37. The molecule has 0 aliphatic carbocycles. The van der Waals surface area contributed by atoms with Crippen molar-refractivity contribution in [2.45, 2.75) is 19.0 Å². The topological polar surface area (TPSA) is 130 Å². The Balaban J connectivity index is 1.26. The molecule has 36 heavy (non-hydrogen) atoms. The van der Waals surface area contributed by atoms with Crippen LogP contribution in [0, 0.1) is 16.0 Å². The van der Waals surface area contributed by atoms with Gasteiger partial charge in [-0.05, 0) is 37.1 Å². The third kappa shape index (κ3) is 5.82. The molecule has 0 bridgehead atoms. The Morgan fingerprint density at radius 1 is 1.14 bits per heavy atom. The van der Waals surface area contributed by atoms with Crippen LogP contribution in [0.25, 0.3) is 10.2 Å². The molecule has 0 unspecified atom stereocenters. The first-order valence-electron chi connectivity index (χ1n) is 10.9. The van der Waals surface area contributed by atoms with Gasteiger partial charge in [-0.25, -0.2) is 4.98 Å². The summed E-state index contributed by atoms with van der Waals surface area (Å²) in [6.07, 6.45) is -4.07. The SMILES string of the molecule is O=C(CNc1nc2ccccc2s1)NNC(=O)C1CCN(c2ccc(C(F)(F)F)cc2[N+](=O)[O-])CC1. The van der Waals surface area contributed by atoms with Crippen LogP contribution in [-0.2, 0) is 15.8 Å².